The van der Waals surface area contributed by atoms with Crippen molar-refractivity contribution in [3.63, 3.8) is 0 Å². The van der Waals surface area contributed by atoms with E-state index in [-0.39, 0.29) is 78.2 Å². The van der Waals surface area contributed by atoms with Crippen molar-refractivity contribution in [1.82, 2.24) is 20.6 Å². The summed E-state index contributed by atoms with van der Waals surface area (Å²) in [6, 6.07) is 11.6. The summed E-state index contributed by atoms with van der Waals surface area (Å²) in [5.41, 5.74) is 2.01. The summed E-state index contributed by atoms with van der Waals surface area (Å²) in [4.78, 5) is 39.9. The Bertz CT molecular complexity index is 892. The van der Waals surface area contributed by atoms with Gasteiger partial charge in [-0.15, -0.1) is 11.8 Å². The molecule has 11 heteroatoms. The fourth-order valence-electron chi connectivity index (χ4n) is 2.39. The minimum absolute atomic E-state index is 0. The van der Waals surface area contributed by atoms with Crippen molar-refractivity contribution >= 4 is 40.5 Å². The van der Waals surface area contributed by atoms with Crippen molar-refractivity contribution in [2.75, 3.05) is 0 Å². The molecule has 2 amide bonds. The van der Waals surface area contributed by atoms with E-state index in [0.717, 1.165) is 17.1 Å². The zero-order valence-corrected chi connectivity index (χ0v) is 25.2. The second kappa shape index (κ2) is 15.8. The van der Waals surface area contributed by atoms with Crippen LogP contribution in [0.4, 0.5) is 0 Å². The number of nitrogens with zero attached hydrogens (tertiary/aromatic N) is 2. The van der Waals surface area contributed by atoms with Gasteiger partial charge in [-0.2, -0.15) is 0 Å². The fourth-order valence-corrected chi connectivity index (χ4v) is 4.05. The summed E-state index contributed by atoms with van der Waals surface area (Å²) in [6.07, 6.45) is 2.93. The van der Waals surface area contributed by atoms with Crippen molar-refractivity contribution in [1.29, 1.82) is 0 Å². The minimum Gasteiger partial charge on any atom is -0.373 e. The molecule has 33 heavy (non-hydrogen) atoms. The average molecular weight is 704 g/mol. The number of pyridine rings is 2. The van der Waals surface area contributed by atoms with Crippen LogP contribution in [0.5, 0.6) is 0 Å². The van der Waals surface area contributed by atoms with E-state index >= 15 is 0 Å². The van der Waals surface area contributed by atoms with Crippen molar-refractivity contribution < 1.29 is 63.6 Å². The normalized spacial score (nSPS) is 22.3. The van der Waals surface area contributed by atoms with E-state index in [1.54, 1.807) is 38.0 Å². The van der Waals surface area contributed by atoms with Crippen LogP contribution in [0.15, 0.2) is 48.8 Å². The third-order valence-electron chi connectivity index (χ3n) is 4.62. The molecule has 4 heterocycles. The molecule has 1 radical (unpaired) electrons. The summed E-state index contributed by atoms with van der Waals surface area (Å²) in [7, 11) is 0. The second-order valence-corrected chi connectivity index (χ2v) is 9.48. The molecular weight excluding hydrogens is 675 g/mol. The Morgan fingerprint density at radius 3 is 1.82 bits per heavy atom. The third-order valence-corrected chi connectivity index (χ3v) is 6.81. The van der Waals surface area contributed by atoms with Gasteiger partial charge in [0.25, 0.3) is 0 Å². The number of aliphatic hydroxyl groups excluding tert-OH is 1. The van der Waals surface area contributed by atoms with Gasteiger partial charge in [0.2, 0.25) is 11.8 Å². The van der Waals surface area contributed by atoms with Crippen molar-refractivity contribution in [2.45, 2.75) is 43.9 Å². The van der Waals surface area contributed by atoms with Gasteiger partial charge in [-0.3, -0.25) is 24.4 Å². The number of rotatable bonds is 5. The maximum atomic E-state index is 10.9. The molecule has 8 nitrogen and oxygen atoms in total. The summed E-state index contributed by atoms with van der Waals surface area (Å²) < 4.78 is 0. The van der Waals surface area contributed by atoms with Gasteiger partial charge < -0.3 is 15.7 Å². The minimum atomic E-state index is -0.590. The smallest absolute Gasteiger partial charge is 0.229 e. The number of nitrogens with one attached hydrogen (secondary N) is 2. The standard InChI is InChI=1S/C10H12N2OS.C8H9NOS.C4H7NO2.Ac/c1-7-9(13)12-10(7)14-6-8-4-2-3-5-11-8;1-7(10)11-6-8-4-2-3-5-9-8;1-2-3(6)5-4(2)7;/h2-5,7,10H,6H2,1H3,(H,12,13);2-5H,6H2,1H3;2-3,6H,1H3,(H,5,7);/t7-,10+;;2-,3?;/m1.0./s1. The van der Waals surface area contributed by atoms with E-state index in [1.165, 1.54) is 11.8 Å². The van der Waals surface area contributed by atoms with Gasteiger partial charge in [0.15, 0.2) is 5.12 Å². The van der Waals surface area contributed by atoms with Gasteiger partial charge in [0.1, 0.15) is 6.23 Å². The van der Waals surface area contributed by atoms with Crippen LogP contribution < -0.4 is 10.6 Å². The number of aromatic nitrogens is 2. The number of thioether (sulfide) groups is 2. The van der Waals surface area contributed by atoms with Crippen LogP contribution in [0.2, 0.25) is 0 Å². The molecule has 4 atom stereocenters. The topological polar surface area (TPSA) is 121 Å². The Hall–Kier alpha value is -0.988. The van der Waals surface area contributed by atoms with Gasteiger partial charge in [-0.25, -0.2) is 0 Å². The number of carbonyl (C=O) groups is 3. The summed E-state index contributed by atoms with van der Waals surface area (Å²) >= 11 is 3.02. The van der Waals surface area contributed by atoms with Crippen LogP contribution in [-0.2, 0) is 25.9 Å². The molecule has 2 saturated heterocycles. The SMILES string of the molecule is CC(=O)SCc1ccccn1.C[C@@H]1C(=O)NC1O.C[C@@H]1C(=O)N[C@H]1SCc1ccccn1.[Ac]. The summed E-state index contributed by atoms with van der Waals surface area (Å²) in [5.74, 6) is 1.58. The molecule has 1 unspecified atom stereocenters. The Balaban J connectivity index is 0.000000257. The molecule has 2 aliphatic heterocycles. The molecule has 2 aromatic rings. The number of hydrogen-bond donors (Lipinski definition) is 3. The number of aliphatic hydroxyl groups is 1. The molecule has 0 spiro atoms. The summed E-state index contributed by atoms with van der Waals surface area (Å²) in [6.45, 7) is 5.20. The maximum Gasteiger partial charge on any atom is 0.229 e. The van der Waals surface area contributed by atoms with Crippen LogP contribution in [-0.4, -0.2) is 43.6 Å². The predicted molar refractivity (Wildman–Crippen MR) is 126 cm³/mol. The number of amides is 2. The molecule has 4 rings (SSSR count). The van der Waals surface area contributed by atoms with E-state index < -0.39 is 6.23 Å². The molecule has 175 valence electrons. The fraction of sp³-hybridized carbons (Fsp3) is 0.409. The van der Waals surface area contributed by atoms with Gasteiger partial charge in [0, 0.05) is 74.9 Å². The van der Waals surface area contributed by atoms with Gasteiger partial charge in [0.05, 0.1) is 28.6 Å². The van der Waals surface area contributed by atoms with Crippen LogP contribution in [0.3, 0.4) is 0 Å². The van der Waals surface area contributed by atoms with E-state index in [2.05, 4.69) is 20.6 Å². The molecule has 0 aliphatic carbocycles. The largest absolute Gasteiger partial charge is 0.373 e. The van der Waals surface area contributed by atoms with E-state index in [4.69, 9.17) is 5.11 Å². The van der Waals surface area contributed by atoms with Gasteiger partial charge in [-0.05, 0) is 31.2 Å². The molecule has 0 saturated carbocycles. The number of carbonyl (C=O) groups excluding carboxylic acids is 3. The number of hydrogen-bond acceptors (Lipinski definition) is 8. The van der Waals surface area contributed by atoms with Crippen LogP contribution in [0.1, 0.15) is 32.2 Å². The first-order valence-corrected chi connectivity index (χ1v) is 12.1. The Labute approximate surface area is 238 Å². The van der Waals surface area contributed by atoms with Crippen molar-refractivity contribution in [2.24, 2.45) is 11.8 Å². The van der Waals surface area contributed by atoms with Crippen LogP contribution in [0.25, 0.3) is 0 Å². The molecule has 2 fully saturated rings. The van der Waals surface area contributed by atoms with Crippen LogP contribution in [0, 0.1) is 55.9 Å². The Morgan fingerprint density at radius 1 is 0.939 bits per heavy atom. The van der Waals surface area contributed by atoms with Gasteiger partial charge >= 0.3 is 0 Å². The number of β-lactam (4-membered cyclic amide) rings is 2. The maximum absolute atomic E-state index is 10.9. The zero-order valence-electron chi connectivity index (χ0n) is 18.8. The zero-order chi connectivity index (χ0) is 23.5. The first kappa shape index (κ1) is 30.0. The van der Waals surface area contributed by atoms with Gasteiger partial charge in [-0.1, -0.05) is 30.8 Å². The second-order valence-electron chi connectivity index (χ2n) is 7.19. The predicted octanol–water partition coefficient (Wildman–Crippen LogP) is 2.34. The third kappa shape index (κ3) is 10.9. The molecule has 2 aromatic heterocycles. The first-order valence-electron chi connectivity index (χ1n) is 10.1. The monoisotopic (exact) mass is 703 g/mol. The van der Waals surface area contributed by atoms with Crippen molar-refractivity contribution in [3.05, 3.63) is 60.2 Å². The van der Waals surface area contributed by atoms with E-state index in [9.17, 15) is 14.4 Å². The molecular formula is C22H28AcN4O4S2. The van der Waals surface area contributed by atoms with E-state index in [1.807, 2.05) is 43.3 Å². The molecule has 3 N–H and O–H groups in total. The van der Waals surface area contributed by atoms with Crippen LogP contribution >= 0.6 is 23.5 Å². The first-order chi connectivity index (χ1) is 15.3. The quantitative estimate of drug-likeness (QED) is 0.407. The Morgan fingerprint density at radius 2 is 1.48 bits per heavy atom. The average Bonchev–Trinajstić information content (AvgIpc) is 2.82. The van der Waals surface area contributed by atoms with E-state index in [0.29, 0.717) is 5.75 Å². The Kier molecular flexibility index (Phi) is 14.4. The molecule has 2 aliphatic rings. The molecule has 0 aromatic carbocycles. The summed E-state index contributed by atoms with van der Waals surface area (Å²) in [5, 5.41) is 14.1. The molecule has 0 bridgehead atoms. The van der Waals surface area contributed by atoms with Crippen molar-refractivity contribution in [3.8, 4) is 0 Å².